The van der Waals surface area contributed by atoms with Crippen LogP contribution in [0.1, 0.15) is 18.5 Å². The second-order valence-corrected chi connectivity index (χ2v) is 4.24. The molecule has 1 aromatic heterocycles. The molecule has 0 spiro atoms. The fourth-order valence-corrected chi connectivity index (χ4v) is 2.01. The third-order valence-corrected chi connectivity index (χ3v) is 3.04. The van der Waals surface area contributed by atoms with Crippen molar-refractivity contribution < 1.29 is 5.11 Å². The maximum Gasteiger partial charge on any atom is 0.120 e. The number of para-hydroxylation sites is 1. The van der Waals surface area contributed by atoms with Gasteiger partial charge in [0.25, 0.3) is 0 Å². The van der Waals surface area contributed by atoms with Crippen molar-refractivity contribution in [1.29, 1.82) is 0 Å². The first-order valence-electron chi connectivity index (χ1n) is 5.85. The molecule has 18 heavy (non-hydrogen) atoms. The van der Waals surface area contributed by atoms with E-state index in [1.54, 1.807) is 16.9 Å². The van der Waals surface area contributed by atoms with Crippen molar-refractivity contribution in [2.24, 2.45) is 0 Å². The van der Waals surface area contributed by atoms with Gasteiger partial charge in [0.05, 0.1) is 6.04 Å². The van der Waals surface area contributed by atoms with Gasteiger partial charge in [0.1, 0.15) is 16.8 Å². The van der Waals surface area contributed by atoms with Gasteiger partial charge >= 0.3 is 0 Å². The molecular weight excluding hydrogens is 226 g/mol. The summed E-state index contributed by atoms with van der Waals surface area (Å²) < 4.78 is 0. The minimum Gasteiger partial charge on any atom is -0.508 e. The van der Waals surface area contributed by atoms with Crippen LogP contribution in [-0.4, -0.2) is 20.1 Å². The van der Waals surface area contributed by atoms with Crippen LogP contribution in [0.25, 0.3) is 11.0 Å². The number of aromatic nitrogens is 3. The number of hydrogen-bond donors (Lipinski definition) is 1. The summed E-state index contributed by atoms with van der Waals surface area (Å²) in [5.41, 5.74) is 2.54. The van der Waals surface area contributed by atoms with E-state index in [4.69, 9.17) is 0 Å². The van der Waals surface area contributed by atoms with Crippen LogP contribution in [0, 0.1) is 0 Å². The topological polar surface area (TPSA) is 50.9 Å². The lowest BCUT2D eigenvalue weighted by Crippen LogP contribution is -2.10. The van der Waals surface area contributed by atoms with Gasteiger partial charge in [0.2, 0.25) is 0 Å². The molecule has 1 N–H and O–H groups in total. The Labute approximate surface area is 104 Å². The molecule has 4 nitrogen and oxygen atoms in total. The van der Waals surface area contributed by atoms with E-state index in [1.165, 1.54) is 0 Å². The van der Waals surface area contributed by atoms with Crippen molar-refractivity contribution in [1.82, 2.24) is 15.0 Å². The third kappa shape index (κ3) is 1.72. The van der Waals surface area contributed by atoms with E-state index >= 15 is 0 Å². The molecule has 0 fully saturated rings. The van der Waals surface area contributed by atoms with E-state index < -0.39 is 0 Å². The van der Waals surface area contributed by atoms with Crippen LogP contribution in [0.15, 0.2) is 48.5 Å². The van der Waals surface area contributed by atoms with Gasteiger partial charge in [-0.05, 0) is 25.1 Å². The molecule has 1 atom stereocenters. The molecule has 4 heteroatoms. The molecule has 0 aliphatic heterocycles. The minimum absolute atomic E-state index is 0.0985. The van der Waals surface area contributed by atoms with Crippen molar-refractivity contribution in [2.45, 2.75) is 13.0 Å². The summed E-state index contributed by atoms with van der Waals surface area (Å²) in [6.45, 7) is 1.97. The van der Waals surface area contributed by atoms with Gasteiger partial charge in [-0.3, -0.25) is 0 Å². The van der Waals surface area contributed by atoms with Gasteiger partial charge in [-0.15, -0.1) is 0 Å². The molecule has 0 aliphatic rings. The lowest BCUT2D eigenvalue weighted by molar-refractivity contribution is 0.437. The molecule has 0 amide bonds. The van der Waals surface area contributed by atoms with Crippen molar-refractivity contribution >= 4 is 11.0 Å². The summed E-state index contributed by atoms with van der Waals surface area (Å²) in [7, 11) is 0. The lowest BCUT2D eigenvalue weighted by Gasteiger charge is -2.12. The summed E-state index contributed by atoms with van der Waals surface area (Å²) in [4.78, 5) is 1.64. The van der Waals surface area contributed by atoms with E-state index in [0.29, 0.717) is 0 Å². The number of phenolic OH excluding ortho intramolecular Hbond substituents is 1. The van der Waals surface area contributed by atoms with Crippen molar-refractivity contribution in [3.05, 3.63) is 54.1 Å². The fraction of sp³-hybridized carbons (Fsp3) is 0.143. The Morgan fingerprint density at radius 3 is 2.11 bits per heavy atom. The second-order valence-electron chi connectivity index (χ2n) is 4.24. The highest BCUT2D eigenvalue weighted by molar-refractivity contribution is 5.73. The smallest absolute Gasteiger partial charge is 0.120 e. The normalized spacial score (nSPS) is 12.7. The molecule has 0 radical (unpaired) electrons. The van der Waals surface area contributed by atoms with Crippen LogP contribution in [0.4, 0.5) is 0 Å². The van der Waals surface area contributed by atoms with Crippen molar-refractivity contribution in [3.8, 4) is 5.75 Å². The van der Waals surface area contributed by atoms with Crippen LogP contribution in [0.3, 0.4) is 0 Å². The summed E-state index contributed by atoms with van der Waals surface area (Å²) >= 11 is 0. The minimum atomic E-state index is -0.0985. The predicted octanol–water partition coefficient (Wildman–Crippen LogP) is 2.75. The molecule has 0 saturated heterocycles. The molecular formula is C14H13N3O. The molecule has 3 rings (SSSR count). The molecule has 0 aliphatic carbocycles. The Morgan fingerprint density at radius 2 is 1.50 bits per heavy atom. The average Bonchev–Trinajstić information content (AvgIpc) is 2.82. The number of nitrogens with zero attached hydrogens (tertiary/aromatic N) is 3. The molecule has 3 aromatic rings. The number of hydrogen-bond acceptors (Lipinski definition) is 3. The Morgan fingerprint density at radius 1 is 0.944 bits per heavy atom. The zero-order valence-electron chi connectivity index (χ0n) is 9.99. The van der Waals surface area contributed by atoms with Gasteiger partial charge < -0.3 is 5.11 Å². The first kappa shape index (κ1) is 10.8. The number of fused-ring (bicyclic) bond motifs is 1. The summed E-state index contributed by atoms with van der Waals surface area (Å²) in [5.74, 6) is 0.270. The largest absolute Gasteiger partial charge is 0.508 e. The van der Waals surface area contributed by atoms with E-state index in [1.807, 2.05) is 43.3 Å². The van der Waals surface area contributed by atoms with E-state index in [9.17, 15) is 5.11 Å². The van der Waals surface area contributed by atoms with Crippen LogP contribution < -0.4 is 0 Å². The highest BCUT2D eigenvalue weighted by Crippen LogP contribution is 2.26. The third-order valence-electron chi connectivity index (χ3n) is 3.04. The van der Waals surface area contributed by atoms with Crippen molar-refractivity contribution in [3.63, 3.8) is 0 Å². The van der Waals surface area contributed by atoms with E-state index in [2.05, 4.69) is 10.2 Å². The quantitative estimate of drug-likeness (QED) is 0.748. The van der Waals surface area contributed by atoms with Crippen molar-refractivity contribution in [2.75, 3.05) is 0 Å². The summed E-state index contributed by atoms with van der Waals surface area (Å²) in [6, 6.07) is 14.9. The van der Waals surface area contributed by atoms with Gasteiger partial charge in [-0.25, -0.2) is 0 Å². The van der Waals surface area contributed by atoms with Gasteiger partial charge in [0, 0.05) is 5.56 Å². The zero-order chi connectivity index (χ0) is 12.5. The highest BCUT2D eigenvalue weighted by Gasteiger charge is 2.14. The molecule has 2 aromatic carbocycles. The number of benzene rings is 2. The van der Waals surface area contributed by atoms with Crippen LogP contribution in [0.2, 0.25) is 0 Å². The van der Waals surface area contributed by atoms with E-state index in [0.717, 1.165) is 16.6 Å². The van der Waals surface area contributed by atoms with Gasteiger partial charge in [0.15, 0.2) is 0 Å². The fourth-order valence-electron chi connectivity index (χ4n) is 2.01. The Balaban J connectivity index is 2.07. The lowest BCUT2D eigenvalue weighted by atomic mass is 10.1. The van der Waals surface area contributed by atoms with E-state index in [-0.39, 0.29) is 11.8 Å². The molecule has 0 bridgehead atoms. The van der Waals surface area contributed by atoms with Gasteiger partial charge in [-0.1, -0.05) is 30.3 Å². The number of aromatic hydroxyl groups is 1. The summed E-state index contributed by atoms with van der Waals surface area (Å²) in [6.07, 6.45) is 0. The second kappa shape index (κ2) is 4.14. The predicted molar refractivity (Wildman–Crippen MR) is 69.4 cm³/mol. The highest BCUT2D eigenvalue weighted by atomic mass is 16.3. The first-order chi connectivity index (χ1) is 8.75. The first-order valence-corrected chi connectivity index (χ1v) is 5.85. The standard InChI is InChI=1S/C14H13N3O/c1-10(11-6-2-5-9-14(11)18)17-15-12-7-3-4-8-13(12)16-17/h2-10,18H,1H3. The molecule has 1 unspecified atom stereocenters. The maximum absolute atomic E-state index is 9.85. The molecule has 1 heterocycles. The Hall–Kier alpha value is -2.36. The zero-order valence-corrected chi connectivity index (χ0v) is 9.99. The molecule has 0 saturated carbocycles. The SMILES string of the molecule is CC(c1ccccc1O)n1nc2ccccc2n1. The molecule has 90 valence electrons. The Kier molecular flexibility index (Phi) is 2.48. The van der Waals surface area contributed by atoms with Crippen LogP contribution in [0.5, 0.6) is 5.75 Å². The van der Waals surface area contributed by atoms with Crippen LogP contribution >= 0.6 is 0 Å². The Bertz CT molecular complexity index is 657. The summed E-state index contributed by atoms with van der Waals surface area (Å²) in [5, 5.41) is 18.7. The monoisotopic (exact) mass is 239 g/mol. The number of rotatable bonds is 2. The number of phenols is 1. The van der Waals surface area contributed by atoms with Gasteiger partial charge in [-0.2, -0.15) is 15.0 Å². The average molecular weight is 239 g/mol. The maximum atomic E-state index is 9.85. The van der Waals surface area contributed by atoms with Crippen LogP contribution in [-0.2, 0) is 0 Å².